The molecule has 0 spiro atoms. The average Bonchev–Trinajstić information content (AvgIpc) is 2.44. The second kappa shape index (κ2) is 9.87. The summed E-state index contributed by atoms with van der Waals surface area (Å²) in [5.41, 5.74) is 0.503. The van der Waals surface area contributed by atoms with Gasteiger partial charge in [0.15, 0.2) is 0 Å². The molecule has 1 heteroatoms. The highest BCUT2D eigenvalue weighted by Crippen LogP contribution is 2.44. The van der Waals surface area contributed by atoms with Gasteiger partial charge in [0.2, 0.25) is 0 Å². The molecule has 1 fully saturated rings. The summed E-state index contributed by atoms with van der Waals surface area (Å²) in [6.45, 7) is 14.4. The van der Waals surface area contributed by atoms with Crippen molar-refractivity contribution in [2.24, 2.45) is 23.2 Å². The fourth-order valence-electron chi connectivity index (χ4n) is 4.03. The Kier molecular flexibility index (Phi) is 8.94. The molecule has 1 N–H and O–H groups in total. The third kappa shape index (κ3) is 7.17. The molecular formula is C20H41N. The molecule has 1 aliphatic carbocycles. The maximum absolute atomic E-state index is 3.69. The van der Waals surface area contributed by atoms with Crippen molar-refractivity contribution < 1.29 is 0 Å². The van der Waals surface area contributed by atoms with Crippen molar-refractivity contribution in [3.63, 3.8) is 0 Å². The fourth-order valence-corrected chi connectivity index (χ4v) is 4.03. The molecule has 3 atom stereocenters. The van der Waals surface area contributed by atoms with Crippen LogP contribution in [0.3, 0.4) is 0 Å². The first-order valence-corrected chi connectivity index (χ1v) is 9.69. The molecular weight excluding hydrogens is 254 g/mol. The van der Waals surface area contributed by atoms with E-state index in [2.05, 4.69) is 39.9 Å². The van der Waals surface area contributed by atoms with Gasteiger partial charge >= 0.3 is 0 Å². The first-order valence-electron chi connectivity index (χ1n) is 9.69. The average molecular weight is 296 g/mol. The number of unbranched alkanes of at least 4 members (excludes halogenated alkanes) is 3. The summed E-state index contributed by atoms with van der Waals surface area (Å²) >= 11 is 0. The lowest BCUT2D eigenvalue weighted by Gasteiger charge is -2.42. The summed E-state index contributed by atoms with van der Waals surface area (Å²) in [7, 11) is 0. The smallest absolute Gasteiger partial charge is 0.00179 e. The van der Waals surface area contributed by atoms with Gasteiger partial charge in [-0.15, -0.1) is 0 Å². The highest BCUT2D eigenvalue weighted by Gasteiger charge is 2.35. The number of rotatable bonds is 9. The standard InChI is InChI=1S/C20H41N/c1-6-8-9-10-11-17-15-19(20(3,4)5)13-12-18(17)16-21-14-7-2/h17-19,21H,6-16H2,1-5H3. The van der Waals surface area contributed by atoms with E-state index in [0.717, 1.165) is 17.8 Å². The zero-order valence-electron chi connectivity index (χ0n) is 15.5. The largest absolute Gasteiger partial charge is 0.316 e. The summed E-state index contributed by atoms with van der Waals surface area (Å²) in [4.78, 5) is 0. The highest BCUT2D eigenvalue weighted by molar-refractivity contribution is 4.86. The summed E-state index contributed by atoms with van der Waals surface area (Å²) < 4.78 is 0. The maximum Gasteiger partial charge on any atom is -0.00179 e. The Morgan fingerprint density at radius 1 is 0.905 bits per heavy atom. The van der Waals surface area contributed by atoms with E-state index in [4.69, 9.17) is 0 Å². The quantitative estimate of drug-likeness (QED) is 0.512. The minimum Gasteiger partial charge on any atom is -0.316 e. The van der Waals surface area contributed by atoms with E-state index in [1.165, 1.54) is 70.9 Å². The summed E-state index contributed by atoms with van der Waals surface area (Å²) in [5.74, 6) is 2.86. The van der Waals surface area contributed by atoms with Crippen LogP contribution < -0.4 is 5.32 Å². The zero-order valence-corrected chi connectivity index (χ0v) is 15.5. The van der Waals surface area contributed by atoms with Crippen LogP contribution in [0, 0.1) is 23.2 Å². The summed E-state index contributed by atoms with van der Waals surface area (Å²) in [5, 5.41) is 3.69. The number of hydrogen-bond donors (Lipinski definition) is 1. The van der Waals surface area contributed by atoms with Crippen molar-refractivity contribution in [2.45, 2.75) is 92.4 Å². The Labute approximate surface area is 134 Å². The molecule has 0 aromatic heterocycles. The van der Waals surface area contributed by atoms with E-state index >= 15 is 0 Å². The molecule has 0 aromatic carbocycles. The molecule has 0 saturated heterocycles. The van der Waals surface area contributed by atoms with Crippen LogP contribution in [0.4, 0.5) is 0 Å². The molecule has 0 aliphatic heterocycles. The Hall–Kier alpha value is -0.0400. The first-order chi connectivity index (χ1) is 9.99. The Morgan fingerprint density at radius 3 is 2.29 bits per heavy atom. The van der Waals surface area contributed by atoms with Crippen molar-refractivity contribution in [2.75, 3.05) is 13.1 Å². The van der Waals surface area contributed by atoms with E-state index in [0.29, 0.717) is 5.41 Å². The van der Waals surface area contributed by atoms with Crippen LogP contribution in [0.5, 0.6) is 0 Å². The third-order valence-corrected chi connectivity index (χ3v) is 5.63. The zero-order chi connectivity index (χ0) is 15.7. The molecule has 3 unspecified atom stereocenters. The second-order valence-corrected chi connectivity index (χ2v) is 8.45. The fraction of sp³-hybridized carbons (Fsp3) is 1.00. The molecule has 0 heterocycles. The van der Waals surface area contributed by atoms with Gasteiger partial charge < -0.3 is 5.32 Å². The number of hydrogen-bond acceptors (Lipinski definition) is 1. The van der Waals surface area contributed by atoms with Crippen LogP contribution in [0.2, 0.25) is 0 Å². The van der Waals surface area contributed by atoms with Crippen molar-refractivity contribution >= 4 is 0 Å². The van der Waals surface area contributed by atoms with Gasteiger partial charge in [0.25, 0.3) is 0 Å². The molecule has 0 amide bonds. The minimum absolute atomic E-state index is 0.503. The Balaban J connectivity index is 2.48. The third-order valence-electron chi connectivity index (χ3n) is 5.63. The Morgan fingerprint density at radius 2 is 1.67 bits per heavy atom. The van der Waals surface area contributed by atoms with Gasteiger partial charge in [-0.3, -0.25) is 0 Å². The second-order valence-electron chi connectivity index (χ2n) is 8.45. The lowest BCUT2D eigenvalue weighted by atomic mass is 9.64. The van der Waals surface area contributed by atoms with Gasteiger partial charge in [-0.1, -0.05) is 66.7 Å². The Bertz CT molecular complexity index is 253. The van der Waals surface area contributed by atoms with Crippen LogP contribution in [0.25, 0.3) is 0 Å². The van der Waals surface area contributed by atoms with Crippen LogP contribution in [-0.2, 0) is 0 Å². The van der Waals surface area contributed by atoms with Gasteiger partial charge in [-0.25, -0.2) is 0 Å². The van der Waals surface area contributed by atoms with E-state index < -0.39 is 0 Å². The molecule has 126 valence electrons. The molecule has 0 bridgehead atoms. The van der Waals surface area contributed by atoms with E-state index in [1.54, 1.807) is 0 Å². The van der Waals surface area contributed by atoms with Crippen LogP contribution >= 0.6 is 0 Å². The van der Waals surface area contributed by atoms with Crippen molar-refractivity contribution in [1.29, 1.82) is 0 Å². The summed E-state index contributed by atoms with van der Waals surface area (Å²) in [6.07, 6.45) is 12.8. The molecule has 1 aliphatic rings. The van der Waals surface area contributed by atoms with Crippen LogP contribution in [0.15, 0.2) is 0 Å². The monoisotopic (exact) mass is 295 g/mol. The van der Waals surface area contributed by atoms with E-state index in [-0.39, 0.29) is 0 Å². The predicted molar refractivity (Wildman–Crippen MR) is 95.7 cm³/mol. The van der Waals surface area contributed by atoms with Gasteiger partial charge in [0, 0.05) is 0 Å². The molecule has 1 rings (SSSR count). The SMILES string of the molecule is CCCCCCC1CC(C(C)(C)C)CCC1CNCCC. The first kappa shape index (κ1) is 19.0. The molecule has 1 saturated carbocycles. The molecule has 0 aromatic rings. The van der Waals surface area contributed by atoms with Crippen molar-refractivity contribution in [3.05, 3.63) is 0 Å². The maximum atomic E-state index is 3.69. The van der Waals surface area contributed by atoms with Crippen molar-refractivity contribution in [3.8, 4) is 0 Å². The molecule has 21 heavy (non-hydrogen) atoms. The predicted octanol–water partition coefficient (Wildman–Crippen LogP) is 6.04. The van der Waals surface area contributed by atoms with Gasteiger partial charge in [0.1, 0.15) is 0 Å². The minimum atomic E-state index is 0.503. The van der Waals surface area contributed by atoms with E-state index in [1.807, 2.05) is 0 Å². The lowest BCUT2D eigenvalue weighted by molar-refractivity contribution is 0.0911. The van der Waals surface area contributed by atoms with Crippen LogP contribution in [0.1, 0.15) is 92.4 Å². The van der Waals surface area contributed by atoms with Gasteiger partial charge in [-0.05, 0) is 61.9 Å². The lowest BCUT2D eigenvalue weighted by Crippen LogP contribution is -2.36. The topological polar surface area (TPSA) is 12.0 Å². The number of nitrogens with one attached hydrogen (secondary N) is 1. The van der Waals surface area contributed by atoms with Gasteiger partial charge in [-0.2, -0.15) is 0 Å². The van der Waals surface area contributed by atoms with Crippen molar-refractivity contribution in [1.82, 2.24) is 5.32 Å². The van der Waals surface area contributed by atoms with Crippen LogP contribution in [-0.4, -0.2) is 13.1 Å². The summed E-state index contributed by atoms with van der Waals surface area (Å²) in [6, 6.07) is 0. The molecule has 1 nitrogen and oxygen atoms in total. The molecule has 0 radical (unpaired) electrons. The van der Waals surface area contributed by atoms with Gasteiger partial charge in [0.05, 0.1) is 0 Å². The highest BCUT2D eigenvalue weighted by atomic mass is 14.9. The van der Waals surface area contributed by atoms with E-state index in [9.17, 15) is 0 Å². The normalized spacial score (nSPS) is 27.0.